The summed E-state index contributed by atoms with van der Waals surface area (Å²) >= 11 is 5.47. The molecule has 0 radical (unpaired) electrons. The number of carbonyl (C=O) groups is 1. The molecular weight excluding hydrogens is 394 g/mol. The average Bonchev–Trinajstić information content (AvgIpc) is 2.76. The van der Waals surface area contributed by atoms with Gasteiger partial charge in [0.25, 0.3) is 5.56 Å². The van der Waals surface area contributed by atoms with Crippen LogP contribution in [0, 0.1) is 4.77 Å². The van der Waals surface area contributed by atoms with E-state index in [1.54, 1.807) is 22.8 Å². The number of carbonyl (C=O) groups excluding carboxylic acids is 1. The van der Waals surface area contributed by atoms with E-state index >= 15 is 0 Å². The maximum atomic E-state index is 13.0. The summed E-state index contributed by atoms with van der Waals surface area (Å²) in [6, 6.07) is 5.31. The highest BCUT2D eigenvalue weighted by Crippen LogP contribution is 2.20. The fourth-order valence-corrected chi connectivity index (χ4v) is 4.45. The van der Waals surface area contributed by atoms with Crippen LogP contribution in [0.2, 0.25) is 0 Å². The molecule has 1 N–H and O–H groups in total. The van der Waals surface area contributed by atoms with Gasteiger partial charge in [0.2, 0.25) is 0 Å². The van der Waals surface area contributed by atoms with E-state index < -0.39 is 0 Å². The standard InChI is InChI=1S/C24H33N3O2S/c1-3-26(4-2)15-8-11-22(28)19-12-13-20-21(17-19)25-24(30)27(23(20)29)16-14-18-9-6-5-7-10-18/h9,12-13,17H,3-8,10-11,14-16H2,1-2H3,(H,25,30). The molecule has 2 aromatic rings. The second-order valence-corrected chi connectivity index (χ2v) is 8.45. The Morgan fingerprint density at radius 2 is 2.03 bits per heavy atom. The molecule has 0 unspecified atom stereocenters. The minimum absolute atomic E-state index is 0.0781. The zero-order valence-electron chi connectivity index (χ0n) is 18.2. The number of hydrogen-bond donors (Lipinski definition) is 1. The van der Waals surface area contributed by atoms with Crippen LogP contribution < -0.4 is 5.56 Å². The van der Waals surface area contributed by atoms with Gasteiger partial charge in [0.15, 0.2) is 10.6 Å². The van der Waals surface area contributed by atoms with E-state index in [1.165, 1.54) is 18.4 Å². The molecule has 1 aliphatic rings. The molecule has 3 rings (SSSR count). The summed E-state index contributed by atoms with van der Waals surface area (Å²) in [5.74, 6) is 0.108. The van der Waals surface area contributed by atoms with E-state index in [2.05, 4.69) is 29.8 Å². The van der Waals surface area contributed by atoms with Crippen LogP contribution in [0.3, 0.4) is 0 Å². The predicted octanol–water partition coefficient (Wildman–Crippen LogP) is 5.25. The molecule has 6 heteroatoms. The van der Waals surface area contributed by atoms with Crippen molar-refractivity contribution >= 4 is 28.9 Å². The first-order chi connectivity index (χ1) is 14.5. The van der Waals surface area contributed by atoms with Crippen molar-refractivity contribution in [3.05, 3.63) is 50.5 Å². The number of rotatable bonds is 10. The summed E-state index contributed by atoms with van der Waals surface area (Å²) in [5.41, 5.74) is 2.63. The minimum atomic E-state index is -0.0781. The maximum Gasteiger partial charge on any atom is 0.262 e. The normalized spacial score (nSPS) is 14.3. The molecule has 0 saturated heterocycles. The van der Waals surface area contributed by atoms with Gasteiger partial charge in [-0.1, -0.05) is 31.6 Å². The van der Waals surface area contributed by atoms with Crippen molar-refractivity contribution in [1.82, 2.24) is 14.5 Å². The summed E-state index contributed by atoms with van der Waals surface area (Å²) in [4.78, 5) is 31.1. The lowest BCUT2D eigenvalue weighted by molar-refractivity contribution is 0.0975. The lowest BCUT2D eigenvalue weighted by Crippen LogP contribution is -2.24. The highest BCUT2D eigenvalue weighted by molar-refractivity contribution is 7.71. The second-order valence-electron chi connectivity index (χ2n) is 8.06. The van der Waals surface area contributed by atoms with Crippen LogP contribution in [-0.2, 0) is 6.54 Å². The van der Waals surface area contributed by atoms with Gasteiger partial charge in [0.1, 0.15) is 0 Å². The van der Waals surface area contributed by atoms with Crippen LogP contribution >= 0.6 is 12.2 Å². The van der Waals surface area contributed by atoms with Gasteiger partial charge in [-0.15, -0.1) is 0 Å². The molecule has 0 fully saturated rings. The number of aromatic amines is 1. The van der Waals surface area contributed by atoms with Crippen LogP contribution in [0.25, 0.3) is 10.9 Å². The Morgan fingerprint density at radius 3 is 2.73 bits per heavy atom. The molecule has 0 saturated carbocycles. The van der Waals surface area contributed by atoms with Gasteiger partial charge in [-0.3, -0.25) is 14.2 Å². The number of benzene rings is 1. The van der Waals surface area contributed by atoms with E-state index in [1.807, 2.05) is 0 Å². The van der Waals surface area contributed by atoms with Gasteiger partial charge < -0.3 is 9.88 Å². The Kier molecular flexibility index (Phi) is 8.16. The lowest BCUT2D eigenvalue weighted by atomic mass is 9.97. The number of H-pyrrole nitrogens is 1. The predicted molar refractivity (Wildman–Crippen MR) is 126 cm³/mol. The van der Waals surface area contributed by atoms with E-state index in [-0.39, 0.29) is 11.3 Å². The number of nitrogens with zero attached hydrogens (tertiary/aromatic N) is 2. The minimum Gasteiger partial charge on any atom is -0.332 e. The summed E-state index contributed by atoms with van der Waals surface area (Å²) in [6.07, 6.45) is 9.28. The van der Waals surface area contributed by atoms with Gasteiger partial charge in [-0.05, 0) is 82.5 Å². The average molecular weight is 428 g/mol. The quantitative estimate of drug-likeness (QED) is 0.319. The van der Waals surface area contributed by atoms with E-state index in [9.17, 15) is 9.59 Å². The number of hydrogen-bond acceptors (Lipinski definition) is 4. The highest BCUT2D eigenvalue weighted by Gasteiger charge is 2.12. The number of fused-ring (bicyclic) bond motifs is 1. The molecule has 5 nitrogen and oxygen atoms in total. The summed E-state index contributed by atoms with van der Waals surface area (Å²) in [6.45, 7) is 7.80. The molecule has 0 amide bonds. The van der Waals surface area contributed by atoms with E-state index in [0.717, 1.165) is 45.3 Å². The van der Waals surface area contributed by atoms with Crippen LogP contribution in [0.15, 0.2) is 34.6 Å². The Labute approximate surface area is 183 Å². The first kappa shape index (κ1) is 22.6. The molecule has 1 heterocycles. The Hall–Kier alpha value is -2.05. The number of ketones is 1. The molecule has 30 heavy (non-hydrogen) atoms. The Bertz CT molecular complexity index is 1030. The van der Waals surface area contributed by atoms with Crippen LogP contribution in [-0.4, -0.2) is 39.9 Å². The molecule has 1 aromatic heterocycles. The first-order valence-electron chi connectivity index (χ1n) is 11.2. The number of allylic oxidation sites excluding steroid dienone is 2. The molecule has 162 valence electrons. The van der Waals surface area contributed by atoms with Gasteiger partial charge in [0.05, 0.1) is 10.9 Å². The van der Waals surface area contributed by atoms with Crippen molar-refractivity contribution in [2.45, 2.75) is 65.3 Å². The van der Waals surface area contributed by atoms with Crippen molar-refractivity contribution < 1.29 is 4.79 Å². The van der Waals surface area contributed by atoms with Crippen molar-refractivity contribution in [2.75, 3.05) is 19.6 Å². The van der Waals surface area contributed by atoms with Crippen molar-refractivity contribution in [1.29, 1.82) is 0 Å². The topological polar surface area (TPSA) is 58.1 Å². The van der Waals surface area contributed by atoms with E-state index in [0.29, 0.717) is 34.2 Å². The lowest BCUT2D eigenvalue weighted by Gasteiger charge is -2.17. The van der Waals surface area contributed by atoms with E-state index in [4.69, 9.17) is 12.2 Å². The monoisotopic (exact) mass is 427 g/mol. The third kappa shape index (κ3) is 5.55. The molecule has 0 spiro atoms. The number of Topliss-reactive ketones (excluding diaryl/α,β-unsaturated/α-hetero) is 1. The largest absolute Gasteiger partial charge is 0.332 e. The van der Waals surface area contributed by atoms with Crippen molar-refractivity contribution in [3.63, 3.8) is 0 Å². The zero-order chi connectivity index (χ0) is 21.5. The SMILES string of the molecule is CCN(CC)CCCC(=O)c1ccc2c(=O)n(CCC3=CCCCC3)c(=S)[nH]c2c1. The Morgan fingerprint density at radius 1 is 1.23 bits per heavy atom. The van der Waals surface area contributed by atoms with Crippen molar-refractivity contribution in [3.8, 4) is 0 Å². The van der Waals surface area contributed by atoms with Crippen LogP contribution in [0.1, 0.15) is 69.2 Å². The molecule has 0 aliphatic heterocycles. The molecular formula is C24H33N3O2S. The van der Waals surface area contributed by atoms with Gasteiger partial charge >= 0.3 is 0 Å². The number of nitrogens with one attached hydrogen (secondary N) is 1. The maximum absolute atomic E-state index is 13.0. The molecule has 0 bridgehead atoms. The fraction of sp³-hybridized carbons (Fsp3) is 0.542. The zero-order valence-corrected chi connectivity index (χ0v) is 19.0. The molecule has 1 aliphatic carbocycles. The highest BCUT2D eigenvalue weighted by atomic mass is 32.1. The third-order valence-corrected chi connectivity index (χ3v) is 6.44. The Balaban J connectivity index is 1.73. The van der Waals surface area contributed by atoms with Crippen LogP contribution in [0.4, 0.5) is 0 Å². The number of aromatic nitrogens is 2. The van der Waals surface area contributed by atoms with Gasteiger partial charge in [-0.25, -0.2) is 0 Å². The smallest absolute Gasteiger partial charge is 0.262 e. The fourth-order valence-electron chi connectivity index (χ4n) is 4.17. The van der Waals surface area contributed by atoms with Crippen molar-refractivity contribution in [2.24, 2.45) is 0 Å². The third-order valence-electron chi connectivity index (χ3n) is 6.12. The second kappa shape index (κ2) is 10.8. The van der Waals surface area contributed by atoms with Crippen LogP contribution in [0.5, 0.6) is 0 Å². The summed E-state index contributed by atoms with van der Waals surface area (Å²) in [5, 5.41) is 0.584. The summed E-state index contributed by atoms with van der Waals surface area (Å²) < 4.78 is 2.08. The molecule has 1 aromatic carbocycles. The first-order valence-corrected chi connectivity index (χ1v) is 11.6. The van der Waals surface area contributed by atoms with Gasteiger partial charge in [-0.2, -0.15) is 0 Å². The van der Waals surface area contributed by atoms with Gasteiger partial charge in [0, 0.05) is 18.5 Å². The molecule has 0 atom stereocenters. The summed E-state index contributed by atoms with van der Waals surface area (Å²) in [7, 11) is 0.